The van der Waals surface area contributed by atoms with Crippen molar-refractivity contribution in [3.8, 4) is 11.5 Å². The third-order valence-electron chi connectivity index (χ3n) is 4.72. The van der Waals surface area contributed by atoms with Gasteiger partial charge >= 0.3 is 0 Å². The Morgan fingerprint density at radius 2 is 1.54 bits per heavy atom. The molecule has 0 atom stereocenters. The van der Waals surface area contributed by atoms with E-state index < -0.39 is 11.6 Å². The molecule has 2 aliphatic rings. The molecule has 0 saturated carbocycles. The Morgan fingerprint density at radius 3 is 2.11 bits per heavy atom. The van der Waals surface area contributed by atoms with Crippen LogP contribution in [0, 0.1) is 0 Å². The van der Waals surface area contributed by atoms with E-state index in [1.165, 1.54) is 0 Å². The molecule has 0 spiro atoms. The molecule has 1 aromatic carbocycles. The number of aliphatic hydroxyl groups excluding tert-OH is 1. The Labute approximate surface area is 176 Å². The summed E-state index contributed by atoms with van der Waals surface area (Å²) < 4.78 is 5.48. The summed E-state index contributed by atoms with van der Waals surface area (Å²) in [4.78, 5) is 28.3. The first-order chi connectivity index (χ1) is 13.0. The molecule has 0 amide bonds. The van der Waals surface area contributed by atoms with Gasteiger partial charge in [0.05, 0.1) is 41.1 Å². The Morgan fingerprint density at radius 1 is 0.964 bits per heavy atom. The zero-order chi connectivity index (χ0) is 19.6. The topological polar surface area (TPSA) is 111 Å². The number of fused-ring (bicyclic) bond motifs is 1. The fourth-order valence-corrected chi connectivity index (χ4v) is 3.96. The fourth-order valence-electron chi connectivity index (χ4n) is 3.32. The molecule has 8 nitrogen and oxygen atoms in total. The van der Waals surface area contributed by atoms with Crippen molar-refractivity contribution in [2.75, 3.05) is 57.4 Å². The van der Waals surface area contributed by atoms with Crippen molar-refractivity contribution in [1.29, 1.82) is 0 Å². The molecule has 0 radical (unpaired) electrons. The highest BCUT2D eigenvalue weighted by Gasteiger charge is 2.33. The second-order valence-electron chi connectivity index (χ2n) is 6.34. The quantitative estimate of drug-likeness (QED) is 0.416. The predicted octanol–water partition coefficient (Wildman–Crippen LogP) is 1.35. The van der Waals surface area contributed by atoms with Crippen LogP contribution in [0.2, 0.25) is 0 Å². The first-order valence-electron chi connectivity index (χ1n) is 8.65. The first-order valence-corrected chi connectivity index (χ1v) is 9.45. The summed E-state index contributed by atoms with van der Waals surface area (Å²) in [6, 6.07) is 0. The van der Waals surface area contributed by atoms with Crippen LogP contribution in [0.4, 0.5) is 5.69 Å². The monoisotopic (exact) mass is 476 g/mol. The van der Waals surface area contributed by atoms with Crippen molar-refractivity contribution in [3.05, 3.63) is 27.8 Å². The highest BCUT2D eigenvalue weighted by atomic mass is 79.9. The molecular weight excluding hydrogens is 456 g/mol. The molecular formula is C18H22BrClN2O6. The Hall–Kier alpha value is -1.65. The van der Waals surface area contributed by atoms with Gasteiger partial charge in [0.1, 0.15) is 5.75 Å². The Bertz CT molecular complexity index is 793. The Kier molecular flexibility index (Phi) is 7.85. The number of halogens is 2. The summed E-state index contributed by atoms with van der Waals surface area (Å²) in [6.07, 6.45) is 2.19. The summed E-state index contributed by atoms with van der Waals surface area (Å²) in [5.41, 5.74) is -0.00722. The average molecular weight is 478 g/mol. The standard InChI is InChI=1S/C18H21BrN2O6.ClH/c19-15-16(21-5-3-20(4-6-21)7-9-27-10-8-22)18(26)14-12(24)2-1-11(23)13(14)17(15)25;/h1-2,22,25-26H,3-10H2;1H. The van der Waals surface area contributed by atoms with Gasteiger partial charge in [0, 0.05) is 32.7 Å². The van der Waals surface area contributed by atoms with Crippen LogP contribution in [0.5, 0.6) is 11.5 Å². The Balaban J connectivity index is 0.00000280. The molecule has 154 valence electrons. The van der Waals surface area contributed by atoms with E-state index in [-0.39, 0.29) is 46.1 Å². The van der Waals surface area contributed by atoms with Gasteiger partial charge < -0.3 is 25.0 Å². The van der Waals surface area contributed by atoms with E-state index in [0.29, 0.717) is 45.1 Å². The number of hydrogen-bond donors (Lipinski definition) is 3. The minimum atomic E-state index is -0.516. The van der Waals surface area contributed by atoms with E-state index in [0.717, 1.165) is 18.7 Å². The molecule has 1 fully saturated rings. The molecule has 3 rings (SSSR count). The highest BCUT2D eigenvalue weighted by molar-refractivity contribution is 9.10. The van der Waals surface area contributed by atoms with E-state index in [9.17, 15) is 19.8 Å². The minimum absolute atomic E-state index is 0. The maximum Gasteiger partial charge on any atom is 0.190 e. The number of ketones is 2. The fraction of sp³-hybridized carbons (Fsp3) is 0.444. The molecule has 10 heteroatoms. The molecule has 1 aliphatic heterocycles. The lowest BCUT2D eigenvalue weighted by Gasteiger charge is -2.37. The first kappa shape index (κ1) is 22.6. The molecule has 28 heavy (non-hydrogen) atoms. The third kappa shape index (κ3) is 4.33. The van der Waals surface area contributed by atoms with Crippen LogP contribution in [0.15, 0.2) is 16.6 Å². The van der Waals surface area contributed by atoms with Gasteiger partial charge in [-0.2, -0.15) is 0 Å². The van der Waals surface area contributed by atoms with Crippen molar-refractivity contribution >= 4 is 45.6 Å². The van der Waals surface area contributed by atoms with E-state index in [1.807, 2.05) is 4.90 Å². The van der Waals surface area contributed by atoms with Crippen LogP contribution in [-0.4, -0.2) is 84.3 Å². The van der Waals surface area contributed by atoms with Crippen LogP contribution in [0.3, 0.4) is 0 Å². The largest absolute Gasteiger partial charge is 0.506 e. The van der Waals surface area contributed by atoms with E-state index in [1.54, 1.807) is 0 Å². The average Bonchev–Trinajstić information content (AvgIpc) is 2.66. The number of piperazine rings is 1. The lowest BCUT2D eigenvalue weighted by molar-refractivity contribution is 0.0724. The van der Waals surface area contributed by atoms with Crippen molar-refractivity contribution < 1.29 is 29.6 Å². The molecule has 1 aliphatic carbocycles. The molecule has 1 aromatic rings. The van der Waals surface area contributed by atoms with Crippen molar-refractivity contribution in [2.24, 2.45) is 0 Å². The van der Waals surface area contributed by atoms with Gasteiger partial charge in [-0.3, -0.25) is 14.5 Å². The SMILES string of the molecule is Cl.O=C1C=CC(=O)c2c(O)c(N3CCN(CCOCCO)CC3)c(Br)c(O)c21. The number of ether oxygens (including phenoxy) is 1. The number of rotatable bonds is 6. The van der Waals surface area contributed by atoms with Crippen LogP contribution >= 0.6 is 28.3 Å². The normalized spacial score (nSPS) is 16.9. The maximum atomic E-state index is 12.2. The highest BCUT2D eigenvalue weighted by Crippen LogP contribution is 2.48. The van der Waals surface area contributed by atoms with Gasteiger partial charge in [-0.1, -0.05) is 0 Å². The van der Waals surface area contributed by atoms with Crippen LogP contribution in [-0.2, 0) is 4.74 Å². The van der Waals surface area contributed by atoms with E-state index >= 15 is 0 Å². The van der Waals surface area contributed by atoms with Crippen LogP contribution in [0.25, 0.3) is 0 Å². The molecule has 0 unspecified atom stereocenters. The zero-order valence-electron chi connectivity index (χ0n) is 15.1. The van der Waals surface area contributed by atoms with Crippen LogP contribution in [0.1, 0.15) is 20.7 Å². The number of hydrogen-bond acceptors (Lipinski definition) is 8. The van der Waals surface area contributed by atoms with Crippen molar-refractivity contribution in [2.45, 2.75) is 0 Å². The number of phenolic OH excluding ortho intramolecular Hbond substituents is 2. The minimum Gasteiger partial charge on any atom is -0.506 e. The van der Waals surface area contributed by atoms with Gasteiger partial charge in [0.25, 0.3) is 0 Å². The number of phenols is 2. The lowest BCUT2D eigenvalue weighted by Crippen LogP contribution is -2.47. The number of anilines is 1. The second kappa shape index (κ2) is 9.71. The van der Waals surface area contributed by atoms with E-state index in [4.69, 9.17) is 9.84 Å². The maximum absolute atomic E-state index is 12.2. The number of benzene rings is 1. The molecule has 0 aromatic heterocycles. The predicted molar refractivity (Wildman–Crippen MR) is 109 cm³/mol. The number of carbonyl (C=O) groups excluding carboxylic acids is 2. The van der Waals surface area contributed by atoms with Crippen molar-refractivity contribution in [1.82, 2.24) is 4.90 Å². The number of nitrogens with zero attached hydrogens (tertiary/aromatic N) is 2. The third-order valence-corrected chi connectivity index (χ3v) is 5.47. The molecule has 0 bridgehead atoms. The van der Waals surface area contributed by atoms with Gasteiger partial charge in [0.2, 0.25) is 0 Å². The number of carbonyl (C=O) groups is 2. The number of aromatic hydroxyl groups is 2. The van der Waals surface area contributed by atoms with Crippen LogP contribution < -0.4 is 4.90 Å². The summed E-state index contributed by atoms with van der Waals surface area (Å²) in [5, 5.41) is 29.9. The van der Waals surface area contributed by atoms with Gasteiger partial charge in [-0.05, 0) is 28.1 Å². The summed E-state index contributed by atoms with van der Waals surface area (Å²) >= 11 is 3.27. The van der Waals surface area contributed by atoms with Gasteiger partial charge in [-0.15, -0.1) is 12.4 Å². The van der Waals surface area contributed by atoms with Gasteiger partial charge in [0.15, 0.2) is 17.3 Å². The molecule has 1 heterocycles. The number of allylic oxidation sites excluding steroid dienone is 2. The number of aliphatic hydroxyl groups is 1. The van der Waals surface area contributed by atoms with Crippen molar-refractivity contribution in [3.63, 3.8) is 0 Å². The zero-order valence-corrected chi connectivity index (χ0v) is 17.5. The second-order valence-corrected chi connectivity index (χ2v) is 7.13. The molecule has 1 saturated heterocycles. The summed E-state index contributed by atoms with van der Waals surface area (Å²) in [7, 11) is 0. The molecule has 3 N–H and O–H groups in total. The van der Waals surface area contributed by atoms with E-state index in [2.05, 4.69) is 20.8 Å². The summed E-state index contributed by atoms with van der Waals surface area (Å²) in [5.74, 6) is -1.65. The smallest absolute Gasteiger partial charge is 0.190 e. The van der Waals surface area contributed by atoms with Gasteiger partial charge in [-0.25, -0.2) is 0 Å². The lowest BCUT2D eigenvalue weighted by atomic mass is 9.92. The summed E-state index contributed by atoms with van der Waals surface area (Å²) in [6.45, 7) is 4.13.